The molecule has 1 saturated heterocycles. The number of likely N-dealkylation sites (tertiary alicyclic amines) is 1. The minimum atomic E-state index is -0.809. The molecule has 2 atom stereocenters. The first kappa shape index (κ1) is 15.3. The largest absolute Gasteiger partial charge is 0.394 e. The van der Waals surface area contributed by atoms with Gasteiger partial charge in [-0.25, -0.2) is 4.79 Å². The van der Waals surface area contributed by atoms with Gasteiger partial charge in [0.15, 0.2) is 0 Å². The highest BCUT2D eigenvalue weighted by atomic mass is 16.3. The molecule has 1 aliphatic rings. The Bertz CT molecular complexity index is 492. The van der Waals surface area contributed by atoms with E-state index >= 15 is 0 Å². The minimum absolute atomic E-state index is 0.0657. The van der Waals surface area contributed by atoms with Crippen LogP contribution in [0.4, 0.5) is 4.79 Å². The van der Waals surface area contributed by atoms with Gasteiger partial charge in [0.2, 0.25) is 5.91 Å². The second-order valence-electron chi connectivity index (χ2n) is 5.22. The van der Waals surface area contributed by atoms with Crippen LogP contribution < -0.4 is 11.1 Å². The van der Waals surface area contributed by atoms with Crippen LogP contribution in [0.3, 0.4) is 0 Å². The van der Waals surface area contributed by atoms with E-state index in [0.29, 0.717) is 12.1 Å². The van der Waals surface area contributed by atoms with Crippen molar-refractivity contribution in [3.05, 3.63) is 35.9 Å². The normalized spacial score (nSPS) is 19.9. The molecule has 2 rings (SSSR count). The lowest BCUT2D eigenvalue weighted by Gasteiger charge is -2.37. The van der Waals surface area contributed by atoms with Gasteiger partial charge in [0.05, 0.1) is 12.6 Å². The monoisotopic (exact) mass is 291 g/mol. The van der Waals surface area contributed by atoms with E-state index < -0.39 is 12.1 Å². The van der Waals surface area contributed by atoms with Crippen LogP contribution in [0.5, 0.6) is 0 Å². The number of carbonyl (C=O) groups is 2. The number of piperidine rings is 1. The van der Waals surface area contributed by atoms with Crippen LogP contribution in [0.1, 0.15) is 30.9 Å². The molecule has 0 aromatic heterocycles. The molecule has 6 nitrogen and oxygen atoms in total. The van der Waals surface area contributed by atoms with Crippen LogP contribution in [0.25, 0.3) is 0 Å². The van der Waals surface area contributed by atoms with Crippen molar-refractivity contribution in [1.82, 2.24) is 10.2 Å². The zero-order valence-corrected chi connectivity index (χ0v) is 11.9. The van der Waals surface area contributed by atoms with E-state index in [9.17, 15) is 14.7 Å². The molecule has 1 aromatic rings. The number of nitrogens with zero attached hydrogens (tertiary/aromatic N) is 1. The Kier molecular flexibility index (Phi) is 5.16. The smallest absolute Gasteiger partial charge is 0.313 e. The highest BCUT2D eigenvalue weighted by Crippen LogP contribution is 2.22. The number of aliphatic hydroxyl groups is 1. The van der Waals surface area contributed by atoms with Crippen LogP contribution in [-0.4, -0.2) is 41.1 Å². The molecule has 6 heteroatoms. The van der Waals surface area contributed by atoms with E-state index in [0.717, 1.165) is 19.3 Å². The average Bonchev–Trinajstić information content (AvgIpc) is 2.52. The van der Waals surface area contributed by atoms with Crippen molar-refractivity contribution < 1.29 is 14.7 Å². The zero-order chi connectivity index (χ0) is 15.2. The van der Waals surface area contributed by atoms with E-state index in [1.165, 1.54) is 0 Å². The highest BCUT2D eigenvalue weighted by molar-refractivity contribution is 5.88. The minimum Gasteiger partial charge on any atom is -0.394 e. The maximum atomic E-state index is 12.7. The Morgan fingerprint density at radius 3 is 2.67 bits per heavy atom. The molecule has 1 aromatic carbocycles. The zero-order valence-electron chi connectivity index (χ0n) is 11.9. The second kappa shape index (κ2) is 7.08. The Balaban J connectivity index is 2.23. The summed E-state index contributed by atoms with van der Waals surface area (Å²) >= 11 is 0. The fourth-order valence-electron chi connectivity index (χ4n) is 2.72. The molecular weight excluding hydrogens is 270 g/mol. The summed E-state index contributed by atoms with van der Waals surface area (Å²) in [7, 11) is 0. The van der Waals surface area contributed by atoms with Gasteiger partial charge in [0.25, 0.3) is 0 Å². The van der Waals surface area contributed by atoms with E-state index in [1.807, 2.05) is 6.07 Å². The Morgan fingerprint density at radius 1 is 1.33 bits per heavy atom. The molecule has 1 fully saturated rings. The number of carbonyl (C=O) groups excluding carboxylic acids is 2. The fourth-order valence-corrected chi connectivity index (χ4v) is 2.72. The second-order valence-corrected chi connectivity index (χ2v) is 5.22. The van der Waals surface area contributed by atoms with Gasteiger partial charge < -0.3 is 21.1 Å². The van der Waals surface area contributed by atoms with Crippen LogP contribution in [0, 0.1) is 0 Å². The van der Waals surface area contributed by atoms with E-state index in [2.05, 4.69) is 5.32 Å². The quantitative estimate of drug-likeness (QED) is 0.764. The van der Waals surface area contributed by atoms with Crippen molar-refractivity contribution in [2.75, 3.05) is 13.2 Å². The molecule has 2 unspecified atom stereocenters. The number of hydrogen-bond acceptors (Lipinski definition) is 3. The number of nitrogens with one attached hydrogen (secondary N) is 1. The summed E-state index contributed by atoms with van der Waals surface area (Å²) in [5, 5.41) is 11.9. The van der Waals surface area contributed by atoms with Gasteiger partial charge in [-0.15, -0.1) is 0 Å². The number of rotatable bonds is 4. The Labute approximate surface area is 123 Å². The molecule has 0 saturated carbocycles. The van der Waals surface area contributed by atoms with Gasteiger partial charge in [0.1, 0.15) is 6.04 Å². The van der Waals surface area contributed by atoms with Crippen LogP contribution in [-0.2, 0) is 4.79 Å². The third kappa shape index (κ3) is 3.72. The summed E-state index contributed by atoms with van der Waals surface area (Å²) in [6.07, 6.45) is 2.68. The molecule has 114 valence electrons. The SMILES string of the molecule is NC(=O)NC(C(=O)N1CCCCC1CO)c1ccccc1. The lowest BCUT2D eigenvalue weighted by molar-refractivity contribution is -0.138. The third-order valence-electron chi connectivity index (χ3n) is 3.79. The number of primary amides is 1. The van der Waals surface area contributed by atoms with Gasteiger partial charge in [-0.05, 0) is 24.8 Å². The molecule has 4 N–H and O–H groups in total. The number of amides is 3. The van der Waals surface area contributed by atoms with E-state index in [4.69, 9.17) is 5.73 Å². The van der Waals surface area contributed by atoms with Gasteiger partial charge in [0, 0.05) is 6.54 Å². The molecule has 21 heavy (non-hydrogen) atoms. The Morgan fingerprint density at radius 2 is 2.05 bits per heavy atom. The van der Waals surface area contributed by atoms with Crippen molar-refractivity contribution in [1.29, 1.82) is 0 Å². The number of benzene rings is 1. The van der Waals surface area contributed by atoms with E-state index in [1.54, 1.807) is 29.2 Å². The molecular formula is C15H21N3O3. The molecule has 0 spiro atoms. The van der Waals surface area contributed by atoms with Crippen LogP contribution in [0.15, 0.2) is 30.3 Å². The van der Waals surface area contributed by atoms with Crippen molar-refractivity contribution in [3.8, 4) is 0 Å². The third-order valence-corrected chi connectivity index (χ3v) is 3.79. The summed E-state index contributed by atoms with van der Waals surface area (Å²) < 4.78 is 0. The topological polar surface area (TPSA) is 95.7 Å². The van der Waals surface area contributed by atoms with Crippen molar-refractivity contribution >= 4 is 11.9 Å². The number of nitrogens with two attached hydrogens (primary N) is 1. The first-order chi connectivity index (χ1) is 10.1. The van der Waals surface area contributed by atoms with Gasteiger partial charge in [-0.1, -0.05) is 30.3 Å². The lowest BCUT2D eigenvalue weighted by Crippen LogP contribution is -2.51. The van der Waals surface area contributed by atoms with Crippen molar-refractivity contribution in [2.45, 2.75) is 31.3 Å². The van der Waals surface area contributed by atoms with Gasteiger partial charge in [-0.2, -0.15) is 0 Å². The van der Waals surface area contributed by atoms with Crippen molar-refractivity contribution in [3.63, 3.8) is 0 Å². The number of aliphatic hydroxyl groups excluding tert-OH is 1. The average molecular weight is 291 g/mol. The highest BCUT2D eigenvalue weighted by Gasteiger charge is 2.32. The predicted octanol–water partition coefficient (Wildman–Crippen LogP) is 0.769. The summed E-state index contributed by atoms with van der Waals surface area (Å²) in [6, 6.07) is 7.26. The fraction of sp³-hybridized carbons (Fsp3) is 0.467. The molecule has 0 radical (unpaired) electrons. The van der Waals surface area contributed by atoms with Crippen LogP contribution in [0.2, 0.25) is 0 Å². The molecule has 0 aliphatic carbocycles. The molecule has 3 amide bonds. The number of hydrogen-bond donors (Lipinski definition) is 3. The maximum absolute atomic E-state index is 12.7. The molecule has 0 bridgehead atoms. The first-order valence-electron chi connectivity index (χ1n) is 7.15. The van der Waals surface area contributed by atoms with Crippen LogP contribution >= 0.6 is 0 Å². The lowest BCUT2D eigenvalue weighted by atomic mass is 9.99. The summed E-state index contributed by atoms with van der Waals surface area (Å²) in [5.74, 6) is -0.223. The van der Waals surface area contributed by atoms with Gasteiger partial charge in [-0.3, -0.25) is 4.79 Å². The van der Waals surface area contributed by atoms with E-state index in [-0.39, 0.29) is 18.6 Å². The Hall–Kier alpha value is -2.08. The summed E-state index contributed by atoms with van der Waals surface area (Å²) in [6.45, 7) is 0.525. The maximum Gasteiger partial charge on any atom is 0.313 e. The first-order valence-corrected chi connectivity index (χ1v) is 7.15. The summed E-state index contributed by atoms with van der Waals surface area (Å²) in [5.41, 5.74) is 5.88. The molecule has 1 aliphatic heterocycles. The predicted molar refractivity (Wildman–Crippen MR) is 78.3 cm³/mol. The van der Waals surface area contributed by atoms with Gasteiger partial charge >= 0.3 is 6.03 Å². The summed E-state index contributed by atoms with van der Waals surface area (Å²) in [4.78, 5) is 25.6. The number of urea groups is 1. The molecule has 1 heterocycles. The standard InChI is InChI=1S/C15H21N3O3/c16-15(21)17-13(11-6-2-1-3-7-11)14(20)18-9-5-4-8-12(18)10-19/h1-3,6-7,12-13,19H,4-5,8-10H2,(H3,16,17,21). The van der Waals surface area contributed by atoms with Crippen molar-refractivity contribution in [2.24, 2.45) is 5.73 Å².